The average molecular weight is 287 g/mol. The molecular weight excluding hydrogens is 258 g/mol. The van der Waals surface area contributed by atoms with Crippen molar-refractivity contribution >= 4 is 11.8 Å². The van der Waals surface area contributed by atoms with E-state index in [-0.39, 0.29) is 5.60 Å². The Morgan fingerprint density at radius 1 is 1.47 bits per heavy atom. The van der Waals surface area contributed by atoms with E-state index in [9.17, 15) is 0 Å². The van der Waals surface area contributed by atoms with Crippen LogP contribution in [0.1, 0.15) is 39.0 Å². The van der Waals surface area contributed by atoms with Gasteiger partial charge in [0, 0.05) is 25.5 Å². The van der Waals surface area contributed by atoms with Crippen molar-refractivity contribution in [3.63, 3.8) is 0 Å². The molecule has 0 aromatic carbocycles. The number of thioether (sulfide) groups is 1. The summed E-state index contributed by atoms with van der Waals surface area (Å²) < 4.78 is 11.5. The first-order valence-corrected chi connectivity index (χ1v) is 8.76. The van der Waals surface area contributed by atoms with Crippen molar-refractivity contribution in [2.24, 2.45) is 5.92 Å². The third-order valence-corrected chi connectivity index (χ3v) is 6.05. The first kappa shape index (κ1) is 15.6. The van der Waals surface area contributed by atoms with E-state index < -0.39 is 0 Å². The van der Waals surface area contributed by atoms with Gasteiger partial charge in [-0.1, -0.05) is 0 Å². The Morgan fingerprint density at radius 3 is 2.95 bits per heavy atom. The molecule has 19 heavy (non-hydrogen) atoms. The van der Waals surface area contributed by atoms with Crippen LogP contribution in [-0.4, -0.2) is 50.0 Å². The van der Waals surface area contributed by atoms with Crippen LogP contribution in [0.5, 0.6) is 0 Å². The summed E-state index contributed by atoms with van der Waals surface area (Å²) in [5.74, 6) is 3.24. The number of rotatable bonds is 6. The fourth-order valence-corrected chi connectivity index (χ4v) is 4.80. The van der Waals surface area contributed by atoms with Crippen molar-refractivity contribution in [1.82, 2.24) is 5.32 Å². The summed E-state index contributed by atoms with van der Waals surface area (Å²) in [6, 6.07) is 0.615. The van der Waals surface area contributed by atoms with Crippen LogP contribution in [0.4, 0.5) is 0 Å². The summed E-state index contributed by atoms with van der Waals surface area (Å²) in [5, 5.41) is 3.54. The summed E-state index contributed by atoms with van der Waals surface area (Å²) in [4.78, 5) is 0. The molecule has 4 atom stereocenters. The van der Waals surface area contributed by atoms with Crippen molar-refractivity contribution < 1.29 is 9.47 Å². The third kappa shape index (κ3) is 4.10. The minimum atomic E-state index is 0.204. The predicted molar refractivity (Wildman–Crippen MR) is 81.9 cm³/mol. The highest BCUT2D eigenvalue weighted by Gasteiger charge is 2.42. The molecule has 0 aromatic heterocycles. The predicted octanol–water partition coefficient (Wildman–Crippen LogP) is 2.69. The zero-order chi connectivity index (χ0) is 13.7. The number of nitrogens with one attached hydrogen (secondary N) is 1. The summed E-state index contributed by atoms with van der Waals surface area (Å²) in [7, 11) is 3.91. The van der Waals surface area contributed by atoms with E-state index in [2.05, 4.69) is 31.1 Å². The Labute approximate surface area is 122 Å². The van der Waals surface area contributed by atoms with E-state index in [4.69, 9.17) is 9.47 Å². The van der Waals surface area contributed by atoms with E-state index >= 15 is 0 Å². The van der Waals surface area contributed by atoms with Gasteiger partial charge >= 0.3 is 0 Å². The highest BCUT2D eigenvalue weighted by atomic mass is 32.2. The second-order valence-corrected chi connectivity index (χ2v) is 7.21. The van der Waals surface area contributed by atoms with E-state index in [1.807, 2.05) is 0 Å². The lowest BCUT2D eigenvalue weighted by Crippen LogP contribution is -2.46. The minimum Gasteiger partial charge on any atom is -0.382 e. The van der Waals surface area contributed by atoms with E-state index in [1.165, 1.54) is 37.2 Å². The maximum atomic E-state index is 6.12. The zero-order valence-corrected chi connectivity index (χ0v) is 13.4. The van der Waals surface area contributed by atoms with Gasteiger partial charge in [0.05, 0.1) is 11.7 Å². The molecule has 0 aromatic rings. The molecule has 2 saturated heterocycles. The van der Waals surface area contributed by atoms with Crippen LogP contribution >= 0.6 is 11.8 Å². The normalized spacial score (nSPS) is 34.6. The van der Waals surface area contributed by atoms with Gasteiger partial charge in [-0.25, -0.2) is 0 Å². The molecule has 4 unspecified atom stereocenters. The number of ether oxygens (including phenoxy) is 2. The van der Waals surface area contributed by atoms with Gasteiger partial charge in [-0.2, -0.15) is 11.8 Å². The number of hydrogen-bond donors (Lipinski definition) is 1. The van der Waals surface area contributed by atoms with Gasteiger partial charge in [0.25, 0.3) is 0 Å². The number of methoxy groups -OCH3 is 1. The summed E-state index contributed by atoms with van der Waals surface area (Å²) >= 11 is 2.06. The van der Waals surface area contributed by atoms with Gasteiger partial charge < -0.3 is 14.8 Å². The Bertz CT molecular complexity index is 269. The Balaban J connectivity index is 1.87. The molecule has 112 valence electrons. The first-order chi connectivity index (χ1) is 9.19. The van der Waals surface area contributed by atoms with Crippen molar-refractivity contribution in [2.45, 2.75) is 56.8 Å². The van der Waals surface area contributed by atoms with Gasteiger partial charge in [0.1, 0.15) is 0 Å². The van der Waals surface area contributed by atoms with Crippen LogP contribution in [0.15, 0.2) is 0 Å². The van der Waals surface area contributed by atoms with Crippen LogP contribution in [0.2, 0.25) is 0 Å². The Kier molecular flexibility index (Phi) is 6.00. The van der Waals surface area contributed by atoms with Crippen LogP contribution in [0, 0.1) is 5.92 Å². The van der Waals surface area contributed by atoms with E-state index in [0.717, 1.165) is 18.9 Å². The van der Waals surface area contributed by atoms with Gasteiger partial charge in [-0.15, -0.1) is 0 Å². The molecule has 1 spiro atoms. The summed E-state index contributed by atoms with van der Waals surface area (Å²) in [6.45, 7) is 3.11. The van der Waals surface area contributed by atoms with Crippen LogP contribution < -0.4 is 5.32 Å². The highest BCUT2D eigenvalue weighted by molar-refractivity contribution is 7.99. The molecule has 0 amide bonds. The maximum Gasteiger partial charge on any atom is 0.0783 e. The Hall–Kier alpha value is 0.230. The monoisotopic (exact) mass is 287 g/mol. The molecule has 0 saturated carbocycles. The molecular formula is C15H29NO2S. The van der Waals surface area contributed by atoms with Crippen molar-refractivity contribution in [1.29, 1.82) is 0 Å². The highest BCUT2D eigenvalue weighted by Crippen LogP contribution is 2.41. The Morgan fingerprint density at radius 2 is 2.32 bits per heavy atom. The van der Waals surface area contributed by atoms with Crippen molar-refractivity contribution in [3.8, 4) is 0 Å². The standard InChI is InChI=1S/C15H29NO2S/c1-12(17-3)4-5-14(16-2)13-6-8-18-15(10-13)7-9-19-11-15/h12-14,16H,4-11H2,1-3H3. The molecule has 0 aliphatic carbocycles. The van der Waals surface area contributed by atoms with E-state index in [0.29, 0.717) is 12.1 Å². The first-order valence-electron chi connectivity index (χ1n) is 7.61. The molecule has 3 nitrogen and oxygen atoms in total. The lowest BCUT2D eigenvalue weighted by atomic mass is 9.80. The molecule has 0 bridgehead atoms. The molecule has 2 rings (SSSR count). The van der Waals surface area contributed by atoms with Gasteiger partial charge in [0.15, 0.2) is 0 Å². The molecule has 0 radical (unpaired) electrons. The molecule has 2 aliphatic heterocycles. The zero-order valence-electron chi connectivity index (χ0n) is 12.6. The average Bonchev–Trinajstić information content (AvgIpc) is 2.87. The van der Waals surface area contributed by atoms with Crippen molar-refractivity contribution in [2.75, 3.05) is 32.3 Å². The van der Waals surface area contributed by atoms with Crippen LogP contribution in [-0.2, 0) is 9.47 Å². The van der Waals surface area contributed by atoms with Crippen molar-refractivity contribution in [3.05, 3.63) is 0 Å². The van der Waals surface area contributed by atoms with Crippen LogP contribution in [0.25, 0.3) is 0 Å². The fraction of sp³-hybridized carbons (Fsp3) is 1.00. The van der Waals surface area contributed by atoms with Gasteiger partial charge in [-0.05, 0) is 57.7 Å². The van der Waals surface area contributed by atoms with Gasteiger partial charge in [-0.3, -0.25) is 0 Å². The topological polar surface area (TPSA) is 30.5 Å². The number of hydrogen-bond acceptors (Lipinski definition) is 4. The molecule has 2 aliphatic rings. The molecule has 1 N–H and O–H groups in total. The summed E-state index contributed by atoms with van der Waals surface area (Å²) in [5.41, 5.74) is 0.204. The third-order valence-electron chi connectivity index (χ3n) is 4.82. The molecule has 2 heterocycles. The second kappa shape index (κ2) is 7.30. The summed E-state index contributed by atoms with van der Waals surface area (Å²) in [6.07, 6.45) is 6.41. The quantitative estimate of drug-likeness (QED) is 0.813. The minimum absolute atomic E-state index is 0.204. The molecule has 4 heteroatoms. The maximum absolute atomic E-state index is 6.12. The largest absolute Gasteiger partial charge is 0.382 e. The second-order valence-electron chi connectivity index (χ2n) is 6.11. The SMILES string of the molecule is CNC(CCC(C)OC)C1CCOC2(CCSC2)C1. The smallest absolute Gasteiger partial charge is 0.0783 e. The lowest BCUT2D eigenvalue weighted by Gasteiger charge is -2.41. The fourth-order valence-electron chi connectivity index (χ4n) is 3.42. The van der Waals surface area contributed by atoms with Gasteiger partial charge in [0.2, 0.25) is 0 Å². The lowest BCUT2D eigenvalue weighted by molar-refractivity contribution is -0.0856. The van der Waals surface area contributed by atoms with E-state index in [1.54, 1.807) is 7.11 Å². The molecule has 2 fully saturated rings. The van der Waals surface area contributed by atoms with Crippen LogP contribution in [0.3, 0.4) is 0 Å².